The minimum absolute atomic E-state index is 0.00571. The summed E-state index contributed by atoms with van der Waals surface area (Å²) in [6.07, 6.45) is 10.2. The number of nitrogens with one attached hydrogen (secondary N) is 2. The van der Waals surface area contributed by atoms with Crippen LogP contribution < -0.4 is 10.6 Å². The molecule has 0 bridgehead atoms. The molecule has 0 spiro atoms. The van der Waals surface area contributed by atoms with Crippen molar-refractivity contribution in [1.82, 2.24) is 15.3 Å². The van der Waals surface area contributed by atoms with E-state index in [1.165, 1.54) is 12.8 Å². The standard InChI is InChI=1S/C21H20N4OS/c26-21(25-16-9-10-16)17-4-2-1-3-13(17)5-6-14-11-27-19-18(14)22-12-23-20(19)24-15-7-8-15/h1-6,11-12,15-16H,7-10H2,(H,25,26)(H,22,23,24). The van der Waals surface area contributed by atoms with Crippen LogP contribution in [0.15, 0.2) is 36.0 Å². The van der Waals surface area contributed by atoms with E-state index in [1.54, 1.807) is 17.7 Å². The molecule has 1 amide bonds. The van der Waals surface area contributed by atoms with Gasteiger partial charge in [-0.25, -0.2) is 9.97 Å². The van der Waals surface area contributed by atoms with Crippen molar-refractivity contribution in [1.29, 1.82) is 0 Å². The predicted molar refractivity (Wildman–Crippen MR) is 110 cm³/mol. The zero-order valence-electron chi connectivity index (χ0n) is 14.8. The number of benzene rings is 1. The van der Waals surface area contributed by atoms with E-state index in [2.05, 4.69) is 26.0 Å². The highest BCUT2D eigenvalue weighted by Gasteiger charge is 2.24. The van der Waals surface area contributed by atoms with Crippen LogP contribution in [0.2, 0.25) is 0 Å². The van der Waals surface area contributed by atoms with Gasteiger partial charge in [0, 0.05) is 28.6 Å². The summed E-state index contributed by atoms with van der Waals surface area (Å²) < 4.78 is 1.09. The van der Waals surface area contributed by atoms with Crippen LogP contribution in [0.1, 0.15) is 47.2 Å². The Morgan fingerprint density at radius 3 is 2.63 bits per heavy atom. The number of anilines is 1. The van der Waals surface area contributed by atoms with Crippen molar-refractivity contribution in [3.8, 4) is 0 Å². The average Bonchev–Trinajstić information content (AvgIpc) is 3.61. The first-order valence-corrected chi connectivity index (χ1v) is 10.2. The molecule has 0 unspecified atom stereocenters. The summed E-state index contributed by atoms with van der Waals surface area (Å²) in [5.74, 6) is 0.933. The SMILES string of the molecule is O=C(NC1CC1)c1ccccc1C=Cc1csc2c(NC3CC3)ncnc12. The monoisotopic (exact) mass is 376 g/mol. The molecule has 5 nitrogen and oxygen atoms in total. The fourth-order valence-electron chi connectivity index (χ4n) is 3.03. The quantitative estimate of drug-likeness (QED) is 0.672. The molecule has 2 N–H and O–H groups in total. The van der Waals surface area contributed by atoms with Crippen LogP contribution in [-0.4, -0.2) is 28.0 Å². The maximum absolute atomic E-state index is 12.5. The molecule has 6 heteroatoms. The van der Waals surface area contributed by atoms with Gasteiger partial charge in [0.1, 0.15) is 12.1 Å². The molecule has 3 aromatic rings. The third-order valence-electron chi connectivity index (χ3n) is 4.86. The summed E-state index contributed by atoms with van der Waals surface area (Å²) in [6, 6.07) is 8.62. The highest BCUT2D eigenvalue weighted by Crippen LogP contribution is 2.33. The van der Waals surface area contributed by atoms with E-state index in [9.17, 15) is 4.79 Å². The molecule has 5 rings (SSSR count). The molecule has 2 heterocycles. The maximum Gasteiger partial charge on any atom is 0.252 e. The van der Waals surface area contributed by atoms with Gasteiger partial charge in [0.15, 0.2) is 0 Å². The third kappa shape index (κ3) is 3.57. The Kier molecular flexibility index (Phi) is 4.13. The van der Waals surface area contributed by atoms with Gasteiger partial charge in [-0.2, -0.15) is 0 Å². The average molecular weight is 376 g/mol. The number of rotatable bonds is 6. The lowest BCUT2D eigenvalue weighted by Gasteiger charge is -2.06. The van der Waals surface area contributed by atoms with Crippen LogP contribution in [0.25, 0.3) is 22.4 Å². The predicted octanol–water partition coefficient (Wildman–Crippen LogP) is 4.33. The Hall–Kier alpha value is -2.73. The van der Waals surface area contributed by atoms with Crippen molar-refractivity contribution in [3.63, 3.8) is 0 Å². The van der Waals surface area contributed by atoms with Crippen molar-refractivity contribution >= 4 is 45.4 Å². The summed E-state index contributed by atoms with van der Waals surface area (Å²) in [4.78, 5) is 21.3. The van der Waals surface area contributed by atoms with Crippen LogP contribution >= 0.6 is 11.3 Å². The van der Waals surface area contributed by atoms with E-state index < -0.39 is 0 Å². The van der Waals surface area contributed by atoms with Gasteiger partial charge in [-0.15, -0.1) is 11.3 Å². The molecule has 1 aromatic carbocycles. The fraction of sp³-hybridized carbons (Fsp3) is 0.286. The topological polar surface area (TPSA) is 66.9 Å². The first kappa shape index (κ1) is 16.4. The molecule has 0 atom stereocenters. The highest BCUT2D eigenvalue weighted by molar-refractivity contribution is 7.18. The van der Waals surface area contributed by atoms with Crippen molar-refractivity contribution in [2.75, 3.05) is 5.32 Å². The Balaban J connectivity index is 1.43. The minimum atomic E-state index is 0.00571. The molecule has 0 aliphatic heterocycles. The Morgan fingerprint density at radius 1 is 1.04 bits per heavy atom. The summed E-state index contributed by atoms with van der Waals surface area (Å²) in [7, 11) is 0. The normalized spacial score (nSPS) is 16.7. The second kappa shape index (κ2) is 6.78. The largest absolute Gasteiger partial charge is 0.366 e. The molecule has 2 fully saturated rings. The van der Waals surface area contributed by atoms with Gasteiger partial charge in [-0.05, 0) is 37.3 Å². The Morgan fingerprint density at radius 2 is 1.81 bits per heavy atom. The van der Waals surface area contributed by atoms with Gasteiger partial charge >= 0.3 is 0 Å². The summed E-state index contributed by atoms with van der Waals surface area (Å²) >= 11 is 1.65. The molecule has 0 radical (unpaired) electrons. The van der Waals surface area contributed by atoms with Gasteiger partial charge < -0.3 is 10.6 Å². The lowest BCUT2D eigenvalue weighted by Crippen LogP contribution is -2.25. The molecule has 2 aromatic heterocycles. The maximum atomic E-state index is 12.5. The summed E-state index contributed by atoms with van der Waals surface area (Å²) in [5, 5.41) is 8.64. The first-order valence-electron chi connectivity index (χ1n) is 9.34. The molecule has 27 heavy (non-hydrogen) atoms. The second-order valence-corrected chi connectivity index (χ2v) is 8.06. The molecular formula is C21H20N4OS. The number of hydrogen-bond donors (Lipinski definition) is 2. The smallest absolute Gasteiger partial charge is 0.252 e. The van der Waals surface area contributed by atoms with Gasteiger partial charge in [0.2, 0.25) is 0 Å². The number of nitrogens with zero attached hydrogens (tertiary/aromatic N) is 2. The fourth-order valence-corrected chi connectivity index (χ4v) is 3.97. The lowest BCUT2D eigenvalue weighted by atomic mass is 10.1. The van der Waals surface area contributed by atoms with E-state index in [-0.39, 0.29) is 5.91 Å². The van der Waals surface area contributed by atoms with Crippen molar-refractivity contribution in [2.45, 2.75) is 37.8 Å². The number of amides is 1. The van der Waals surface area contributed by atoms with Crippen LogP contribution in [0.3, 0.4) is 0 Å². The second-order valence-electron chi connectivity index (χ2n) is 7.18. The number of hydrogen-bond acceptors (Lipinski definition) is 5. The van der Waals surface area contributed by atoms with E-state index in [4.69, 9.17) is 0 Å². The lowest BCUT2D eigenvalue weighted by molar-refractivity contribution is 0.0951. The zero-order chi connectivity index (χ0) is 18.2. The third-order valence-corrected chi connectivity index (χ3v) is 5.85. The molecule has 2 saturated carbocycles. The van der Waals surface area contributed by atoms with Crippen molar-refractivity contribution in [3.05, 3.63) is 52.7 Å². The number of fused-ring (bicyclic) bond motifs is 1. The molecule has 2 aliphatic carbocycles. The molecular weight excluding hydrogens is 356 g/mol. The Labute approximate surface area is 161 Å². The number of thiophene rings is 1. The number of carbonyl (C=O) groups is 1. The zero-order valence-corrected chi connectivity index (χ0v) is 15.6. The molecule has 2 aliphatic rings. The van der Waals surface area contributed by atoms with Crippen LogP contribution in [0.5, 0.6) is 0 Å². The van der Waals surface area contributed by atoms with Crippen LogP contribution in [0.4, 0.5) is 5.82 Å². The minimum Gasteiger partial charge on any atom is -0.366 e. The van der Waals surface area contributed by atoms with E-state index in [1.807, 2.05) is 36.4 Å². The summed E-state index contributed by atoms with van der Waals surface area (Å²) in [5.41, 5.74) is 3.63. The van der Waals surface area contributed by atoms with Crippen molar-refractivity contribution < 1.29 is 4.79 Å². The van der Waals surface area contributed by atoms with Crippen LogP contribution in [0, 0.1) is 0 Å². The summed E-state index contributed by atoms with van der Waals surface area (Å²) in [6.45, 7) is 0. The first-order chi connectivity index (χ1) is 13.3. The van der Waals surface area contributed by atoms with E-state index in [0.717, 1.165) is 40.0 Å². The van der Waals surface area contributed by atoms with Gasteiger partial charge in [-0.1, -0.05) is 30.4 Å². The van der Waals surface area contributed by atoms with Gasteiger partial charge in [-0.3, -0.25) is 4.79 Å². The van der Waals surface area contributed by atoms with Crippen LogP contribution in [-0.2, 0) is 0 Å². The van der Waals surface area contributed by atoms with Gasteiger partial charge in [0.25, 0.3) is 5.91 Å². The number of aromatic nitrogens is 2. The Bertz CT molecular complexity index is 1030. The van der Waals surface area contributed by atoms with Gasteiger partial charge in [0.05, 0.1) is 10.2 Å². The van der Waals surface area contributed by atoms with E-state index in [0.29, 0.717) is 17.6 Å². The van der Waals surface area contributed by atoms with Crippen molar-refractivity contribution in [2.24, 2.45) is 0 Å². The number of carbonyl (C=O) groups excluding carboxylic acids is 1. The molecule has 0 saturated heterocycles. The highest BCUT2D eigenvalue weighted by atomic mass is 32.1. The molecule has 136 valence electrons. The van der Waals surface area contributed by atoms with E-state index >= 15 is 0 Å².